The number of nitrogens with zero attached hydrogens (tertiary/aromatic N) is 2. The molecule has 0 unspecified atom stereocenters. The van der Waals surface area contributed by atoms with Gasteiger partial charge in [-0.05, 0) is 18.2 Å². The fourth-order valence-electron chi connectivity index (χ4n) is 2.57. The third-order valence-electron chi connectivity index (χ3n) is 3.75. The van der Waals surface area contributed by atoms with Gasteiger partial charge >= 0.3 is 0 Å². The molecule has 122 valence electrons. The van der Waals surface area contributed by atoms with E-state index >= 15 is 0 Å². The molecule has 0 aliphatic rings. The second kappa shape index (κ2) is 6.31. The predicted molar refractivity (Wildman–Crippen MR) is 97.1 cm³/mol. The van der Waals surface area contributed by atoms with Crippen LogP contribution in [0.5, 0.6) is 0 Å². The van der Waals surface area contributed by atoms with E-state index in [2.05, 4.69) is 9.97 Å². The summed E-state index contributed by atoms with van der Waals surface area (Å²) in [6.07, 6.45) is 1.53. The van der Waals surface area contributed by atoms with Gasteiger partial charge in [-0.1, -0.05) is 59.6 Å². The van der Waals surface area contributed by atoms with Crippen LogP contribution in [0.3, 0.4) is 0 Å². The standard InChI is InChI=1S/C19H10Cl2N2O2/c20-13-7-4-8-14(21)15(13)19-23-18-17(25-19)12(9-10-22-18)16(24)11-5-2-1-3-6-11/h1-10H. The number of carbonyl (C=O) groups excluding carboxylic acids is 1. The van der Waals surface area contributed by atoms with E-state index in [1.165, 1.54) is 6.20 Å². The van der Waals surface area contributed by atoms with Crippen LogP contribution in [0, 0.1) is 0 Å². The molecule has 0 saturated carbocycles. The molecule has 0 saturated heterocycles. The maximum absolute atomic E-state index is 12.8. The molecule has 2 aromatic heterocycles. The van der Waals surface area contributed by atoms with Gasteiger partial charge in [0.25, 0.3) is 0 Å². The zero-order chi connectivity index (χ0) is 17.4. The number of hydrogen-bond donors (Lipinski definition) is 0. The van der Waals surface area contributed by atoms with Crippen molar-refractivity contribution in [3.63, 3.8) is 0 Å². The van der Waals surface area contributed by atoms with Crippen molar-refractivity contribution >= 4 is 40.2 Å². The van der Waals surface area contributed by atoms with Gasteiger partial charge in [0.2, 0.25) is 5.89 Å². The van der Waals surface area contributed by atoms with E-state index in [4.69, 9.17) is 27.6 Å². The number of aromatic nitrogens is 2. The molecule has 25 heavy (non-hydrogen) atoms. The minimum atomic E-state index is -0.166. The van der Waals surface area contributed by atoms with E-state index in [0.717, 1.165) is 0 Å². The first-order valence-electron chi connectivity index (χ1n) is 7.45. The number of hydrogen-bond acceptors (Lipinski definition) is 4. The molecule has 0 radical (unpaired) electrons. The van der Waals surface area contributed by atoms with Gasteiger partial charge < -0.3 is 4.42 Å². The summed E-state index contributed by atoms with van der Waals surface area (Å²) < 4.78 is 5.83. The Balaban J connectivity index is 1.89. The lowest BCUT2D eigenvalue weighted by molar-refractivity contribution is 0.103. The van der Waals surface area contributed by atoms with Crippen molar-refractivity contribution in [1.29, 1.82) is 0 Å². The summed E-state index contributed by atoms with van der Waals surface area (Å²) >= 11 is 12.4. The first kappa shape index (κ1) is 15.8. The fourth-order valence-corrected chi connectivity index (χ4v) is 3.13. The minimum Gasteiger partial charge on any atom is -0.433 e. The summed E-state index contributed by atoms with van der Waals surface area (Å²) in [5.74, 6) is 0.0624. The number of rotatable bonds is 3. The molecule has 0 aliphatic heterocycles. The van der Waals surface area contributed by atoms with Crippen LogP contribution < -0.4 is 0 Å². The molecule has 0 spiro atoms. The normalized spacial score (nSPS) is 11.0. The molecular formula is C19H10Cl2N2O2. The van der Waals surface area contributed by atoms with Gasteiger partial charge in [0, 0.05) is 11.8 Å². The summed E-state index contributed by atoms with van der Waals surface area (Å²) in [4.78, 5) is 21.3. The molecule has 2 aromatic carbocycles. The van der Waals surface area contributed by atoms with Crippen molar-refractivity contribution in [3.05, 3.63) is 82.0 Å². The molecule has 0 amide bonds. The highest BCUT2D eigenvalue weighted by atomic mass is 35.5. The fraction of sp³-hybridized carbons (Fsp3) is 0. The van der Waals surface area contributed by atoms with Gasteiger partial charge in [-0.15, -0.1) is 0 Å². The molecule has 0 aliphatic carbocycles. The first-order chi connectivity index (χ1) is 12.1. The van der Waals surface area contributed by atoms with Crippen molar-refractivity contribution in [2.45, 2.75) is 0 Å². The average Bonchev–Trinajstić information content (AvgIpc) is 3.05. The van der Waals surface area contributed by atoms with E-state index in [0.29, 0.717) is 38.0 Å². The van der Waals surface area contributed by atoms with Gasteiger partial charge in [0.05, 0.1) is 21.2 Å². The van der Waals surface area contributed by atoms with Crippen LogP contribution >= 0.6 is 23.2 Å². The maximum Gasteiger partial charge on any atom is 0.231 e. The monoisotopic (exact) mass is 368 g/mol. The van der Waals surface area contributed by atoms with E-state index < -0.39 is 0 Å². The lowest BCUT2D eigenvalue weighted by Crippen LogP contribution is -2.01. The Labute approximate surface area is 153 Å². The maximum atomic E-state index is 12.8. The smallest absolute Gasteiger partial charge is 0.231 e. The van der Waals surface area contributed by atoms with E-state index in [1.807, 2.05) is 6.07 Å². The molecule has 2 heterocycles. The number of ketones is 1. The molecule has 6 heteroatoms. The topological polar surface area (TPSA) is 56.0 Å². The zero-order valence-corrected chi connectivity index (χ0v) is 14.3. The van der Waals surface area contributed by atoms with Gasteiger partial charge in [-0.25, -0.2) is 4.98 Å². The average molecular weight is 369 g/mol. The molecule has 0 fully saturated rings. The third kappa shape index (κ3) is 2.80. The summed E-state index contributed by atoms with van der Waals surface area (Å²) in [6, 6.07) is 15.7. The van der Waals surface area contributed by atoms with Crippen molar-refractivity contribution in [1.82, 2.24) is 9.97 Å². The van der Waals surface area contributed by atoms with E-state index in [9.17, 15) is 4.79 Å². The largest absolute Gasteiger partial charge is 0.433 e. The molecule has 0 N–H and O–H groups in total. The van der Waals surface area contributed by atoms with Crippen LogP contribution in [0.4, 0.5) is 0 Å². The predicted octanol–water partition coefficient (Wildman–Crippen LogP) is 5.43. The molecular weight excluding hydrogens is 359 g/mol. The lowest BCUT2D eigenvalue weighted by atomic mass is 10.0. The molecule has 4 nitrogen and oxygen atoms in total. The highest BCUT2D eigenvalue weighted by Crippen LogP contribution is 2.36. The van der Waals surface area contributed by atoms with Crippen molar-refractivity contribution in [2.24, 2.45) is 0 Å². The lowest BCUT2D eigenvalue weighted by Gasteiger charge is -2.02. The van der Waals surface area contributed by atoms with Crippen LogP contribution in [0.1, 0.15) is 15.9 Å². The Bertz CT molecular complexity index is 1070. The molecule has 0 atom stereocenters. The Kier molecular flexibility index (Phi) is 3.99. The minimum absolute atomic E-state index is 0.166. The van der Waals surface area contributed by atoms with Gasteiger partial charge in [0.1, 0.15) is 0 Å². The van der Waals surface area contributed by atoms with Crippen LogP contribution in [-0.4, -0.2) is 15.8 Å². The quantitative estimate of drug-likeness (QED) is 0.452. The number of benzene rings is 2. The van der Waals surface area contributed by atoms with Crippen LogP contribution in [-0.2, 0) is 0 Å². The van der Waals surface area contributed by atoms with Gasteiger partial charge in [-0.3, -0.25) is 4.79 Å². The third-order valence-corrected chi connectivity index (χ3v) is 4.38. The number of pyridine rings is 1. The van der Waals surface area contributed by atoms with Crippen LogP contribution in [0.2, 0.25) is 10.0 Å². The summed E-state index contributed by atoms with van der Waals surface area (Å²) in [6.45, 7) is 0. The zero-order valence-electron chi connectivity index (χ0n) is 12.7. The van der Waals surface area contributed by atoms with E-state index in [-0.39, 0.29) is 11.7 Å². The second-order valence-corrected chi connectivity index (χ2v) is 6.14. The van der Waals surface area contributed by atoms with Crippen molar-refractivity contribution in [2.75, 3.05) is 0 Å². The Morgan fingerprint density at radius 3 is 2.36 bits per heavy atom. The van der Waals surface area contributed by atoms with E-state index in [1.54, 1.807) is 48.5 Å². The molecule has 4 aromatic rings. The first-order valence-corrected chi connectivity index (χ1v) is 8.20. The second-order valence-electron chi connectivity index (χ2n) is 5.32. The SMILES string of the molecule is O=C(c1ccccc1)c1ccnc2nc(-c3c(Cl)cccc3Cl)oc12. The Morgan fingerprint density at radius 2 is 1.64 bits per heavy atom. The van der Waals surface area contributed by atoms with Crippen LogP contribution in [0.15, 0.2) is 65.2 Å². The van der Waals surface area contributed by atoms with Crippen LogP contribution in [0.25, 0.3) is 22.7 Å². The van der Waals surface area contributed by atoms with Crippen molar-refractivity contribution in [3.8, 4) is 11.5 Å². The highest BCUT2D eigenvalue weighted by Gasteiger charge is 2.20. The molecule has 4 rings (SSSR count). The van der Waals surface area contributed by atoms with Gasteiger partial charge in [0.15, 0.2) is 17.0 Å². The Hall–Kier alpha value is -2.69. The summed E-state index contributed by atoms with van der Waals surface area (Å²) in [7, 11) is 0. The highest BCUT2D eigenvalue weighted by molar-refractivity contribution is 6.39. The summed E-state index contributed by atoms with van der Waals surface area (Å²) in [5.41, 5.74) is 2.05. The number of fused-ring (bicyclic) bond motifs is 1. The van der Waals surface area contributed by atoms with Gasteiger partial charge in [-0.2, -0.15) is 4.98 Å². The Morgan fingerprint density at radius 1 is 0.920 bits per heavy atom. The number of halogens is 2. The van der Waals surface area contributed by atoms with Crippen molar-refractivity contribution < 1.29 is 9.21 Å². The summed E-state index contributed by atoms with van der Waals surface area (Å²) in [5, 5.41) is 0.824. The molecule has 0 bridgehead atoms. The number of oxazole rings is 1. The number of carbonyl (C=O) groups is 1.